The Labute approximate surface area is 135 Å². The lowest BCUT2D eigenvalue weighted by Gasteiger charge is -2.09. The molecule has 0 fully saturated rings. The third kappa shape index (κ3) is 4.05. The number of hydrogen-bond donors (Lipinski definition) is 1. The fourth-order valence-corrected chi connectivity index (χ4v) is 4.39. The Morgan fingerprint density at radius 3 is 2.91 bits per heavy atom. The topological polar surface area (TPSA) is 99.1 Å². The number of aromatic nitrogens is 1. The summed E-state index contributed by atoms with van der Waals surface area (Å²) in [7, 11) is 0. The molecule has 0 aliphatic carbocycles. The highest BCUT2D eigenvalue weighted by Gasteiger charge is 2.16. The molecule has 6 nitrogen and oxygen atoms in total. The van der Waals surface area contributed by atoms with E-state index >= 15 is 0 Å². The van der Waals surface area contributed by atoms with Gasteiger partial charge in [0.2, 0.25) is 5.91 Å². The van der Waals surface area contributed by atoms with Gasteiger partial charge in [0.05, 0.1) is 17.0 Å². The van der Waals surface area contributed by atoms with E-state index in [0.717, 1.165) is 20.5 Å². The number of carbonyl (C=O) groups excluding carboxylic acids is 1. The first-order valence-corrected chi connectivity index (χ1v) is 8.22. The fourth-order valence-electron chi connectivity index (χ4n) is 1.88. The zero-order chi connectivity index (χ0) is 16.3. The van der Waals surface area contributed by atoms with Gasteiger partial charge in [0, 0.05) is 22.3 Å². The maximum absolute atomic E-state index is 11.0. The first-order valence-electron chi connectivity index (χ1n) is 6.52. The molecule has 1 aromatic carbocycles. The minimum atomic E-state index is -0.403. The van der Waals surface area contributed by atoms with Crippen LogP contribution in [0.2, 0.25) is 0 Å². The van der Waals surface area contributed by atoms with E-state index in [9.17, 15) is 14.9 Å². The van der Waals surface area contributed by atoms with Crippen LogP contribution >= 0.6 is 23.1 Å². The molecule has 1 heterocycles. The molecule has 1 amide bonds. The van der Waals surface area contributed by atoms with E-state index in [0.29, 0.717) is 0 Å². The van der Waals surface area contributed by atoms with E-state index in [4.69, 9.17) is 5.73 Å². The lowest BCUT2D eigenvalue weighted by Crippen LogP contribution is -2.13. The quantitative estimate of drug-likeness (QED) is 0.495. The normalized spacial score (nSPS) is 12.1. The number of non-ortho nitro benzene ring substituents is 1. The predicted octanol–water partition coefficient (Wildman–Crippen LogP) is 3.24. The van der Waals surface area contributed by atoms with Crippen LogP contribution in [-0.2, 0) is 11.2 Å². The largest absolute Gasteiger partial charge is 0.369 e. The first-order chi connectivity index (χ1) is 10.4. The van der Waals surface area contributed by atoms with E-state index in [-0.39, 0.29) is 23.3 Å². The average molecular weight is 337 g/mol. The number of nitrogens with zero attached hydrogens (tertiary/aromatic N) is 2. The van der Waals surface area contributed by atoms with E-state index in [2.05, 4.69) is 4.98 Å². The molecule has 2 N–H and O–H groups in total. The Bertz CT molecular complexity index is 715. The minimum absolute atomic E-state index is 0.0203. The zero-order valence-electron chi connectivity index (χ0n) is 12.1. The second-order valence-electron chi connectivity index (χ2n) is 4.74. The molecule has 1 unspecified atom stereocenters. The van der Waals surface area contributed by atoms with Crippen LogP contribution in [0.25, 0.3) is 0 Å². The molecule has 2 rings (SSSR count). The molecule has 0 aliphatic rings. The van der Waals surface area contributed by atoms with Gasteiger partial charge in [0.1, 0.15) is 0 Å². The van der Waals surface area contributed by atoms with Crippen LogP contribution in [0.3, 0.4) is 0 Å². The van der Waals surface area contributed by atoms with Gasteiger partial charge >= 0.3 is 0 Å². The molecule has 0 saturated carbocycles. The summed E-state index contributed by atoms with van der Waals surface area (Å²) in [5.74, 6) is -0.380. The number of primary amides is 1. The summed E-state index contributed by atoms with van der Waals surface area (Å²) < 4.78 is 0.827. The lowest BCUT2D eigenvalue weighted by atomic mass is 10.1. The number of thioether (sulfide) groups is 1. The maximum Gasteiger partial charge on any atom is 0.269 e. The van der Waals surface area contributed by atoms with Crippen LogP contribution in [-0.4, -0.2) is 15.8 Å². The van der Waals surface area contributed by atoms with Gasteiger partial charge in [-0.1, -0.05) is 23.9 Å². The summed E-state index contributed by atoms with van der Waals surface area (Å²) in [4.78, 5) is 26.7. The second kappa shape index (κ2) is 6.89. The van der Waals surface area contributed by atoms with Gasteiger partial charge in [-0.05, 0) is 19.4 Å². The molecule has 2 aromatic rings. The van der Waals surface area contributed by atoms with E-state index in [1.165, 1.54) is 29.2 Å². The van der Waals surface area contributed by atoms with Crippen LogP contribution < -0.4 is 5.73 Å². The Morgan fingerprint density at radius 2 is 2.27 bits per heavy atom. The van der Waals surface area contributed by atoms with E-state index < -0.39 is 4.92 Å². The number of amides is 1. The molecule has 0 spiro atoms. The van der Waals surface area contributed by atoms with Crippen molar-refractivity contribution in [3.05, 3.63) is 50.5 Å². The number of benzene rings is 1. The highest BCUT2D eigenvalue weighted by atomic mass is 32.2. The van der Waals surface area contributed by atoms with Gasteiger partial charge in [-0.3, -0.25) is 14.9 Å². The summed E-state index contributed by atoms with van der Waals surface area (Å²) in [5, 5.41) is 10.8. The standard InChI is InChI=1S/C14H15N3O3S2/c1-8-12(7-13(15)18)22-14(16-8)21-9(2)10-4-3-5-11(6-10)17(19)20/h3-6,9H,7H2,1-2H3,(H2,15,18). The second-order valence-corrected chi connectivity index (χ2v) is 7.42. The number of aryl methyl sites for hydroxylation is 1. The third-order valence-corrected chi connectivity index (χ3v) is 5.45. The fraction of sp³-hybridized carbons (Fsp3) is 0.286. The molecule has 8 heteroatoms. The summed E-state index contributed by atoms with van der Waals surface area (Å²) >= 11 is 2.95. The number of nitrogens with two attached hydrogens (primary N) is 1. The molecule has 116 valence electrons. The van der Waals surface area contributed by atoms with Crippen molar-refractivity contribution < 1.29 is 9.72 Å². The summed E-state index contributed by atoms with van der Waals surface area (Å²) in [6, 6.07) is 6.58. The Balaban J connectivity index is 2.15. The van der Waals surface area contributed by atoms with Crippen molar-refractivity contribution in [3.63, 3.8) is 0 Å². The van der Waals surface area contributed by atoms with Crippen LogP contribution in [0, 0.1) is 17.0 Å². The van der Waals surface area contributed by atoms with Crippen molar-refractivity contribution in [2.75, 3.05) is 0 Å². The van der Waals surface area contributed by atoms with Gasteiger partial charge in [-0.2, -0.15) is 0 Å². The van der Waals surface area contributed by atoms with Crippen molar-refractivity contribution in [1.82, 2.24) is 4.98 Å². The van der Waals surface area contributed by atoms with Gasteiger partial charge in [0.15, 0.2) is 4.34 Å². The van der Waals surface area contributed by atoms with Crippen molar-refractivity contribution in [2.45, 2.75) is 29.9 Å². The summed E-state index contributed by atoms with van der Waals surface area (Å²) in [6.07, 6.45) is 0.190. The number of rotatable bonds is 6. The summed E-state index contributed by atoms with van der Waals surface area (Å²) in [6.45, 7) is 3.81. The number of carbonyl (C=O) groups is 1. The highest BCUT2D eigenvalue weighted by molar-refractivity contribution is 8.01. The smallest absolute Gasteiger partial charge is 0.269 e. The zero-order valence-corrected chi connectivity index (χ0v) is 13.7. The Morgan fingerprint density at radius 1 is 1.55 bits per heavy atom. The number of thiazole rings is 1. The molecule has 1 atom stereocenters. The van der Waals surface area contributed by atoms with Crippen LogP contribution in [0.15, 0.2) is 28.6 Å². The number of nitro groups is 1. The molecule has 0 aliphatic heterocycles. The lowest BCUT2D eigenvalue weighted by molar-refractivity contribution is -0.384. The van der Waals surface area contributed by atoms with E-state index in [1.807, 2.05) is 19.9 Å². The highest BCUT2D eigenvalue weighted by Crippen LogP contribution is 2.38. The first kappa shape index (κ1) is 16.4. The number of nitro benzene ring substituents is 1. The van der Waals surface area contributed by atoms with Crippen molar-refractivity contribution in [2.24, 2.45) is 5.73 Å². The SMILES string of the molecule is Cc1nc(SC(C)c2cccc([N+](=O)[O-])c2)sc1CC(N)=O. The van der Waals surface area contributed by atoms with Crippen molar-refractivity contribution in [3.8, 4) is 0 Å². The van der Waals surface area contributed by atoms with Gasteiger partial charge in [-0.25, -0.2) is 4.98 Å². The van der Waals surface area contributed by atoms with Crippen LogP contribution in [0.5, 0.6) is 0 Å². The van der Waals surface area contributed by atoms with Crippen molar-refractivity contribution in [1.29, 1.82) is 0 Å². The molecule has 1 aromatic heterocycles. The number of hydrogen-bond acceptors (Lipinski definition) is 6. The average Bonchev–Trinajstić information content (AvgIpc) is 2.78. The maximum atomic E-state index is 11.0. The van der Waals surface area contributed by atoms with Crippen LogP contribution in [0.1, 0.15) is 28.3 Å². The third-order valence-electron chi connectivity index (χ3n) is 3.04. The van der Waals surface area contributed by atoms with Crippen LogP contribution in [0.4, 0.5) is 5.69 Å². The molecule has 0 bridgehead atoms. The predicted molar refractivity (Wildman–Crippen MR) is 87.1 cm³/mol. The van der Waals surface area contributed by atoms with Crippen molar-refractivity contribution >= 4 is 34.7 Å². The molecular weight excluding hydrogens is 322 g/mol. The monoisotopic (exact) mass is 337 g/mol. The molecule has 0 saturated heterocycles. The molecule has 22 heavy (non-hydrogen) atoms. The summed E-state index contributed by atoms with van der Waals surface area (Å²) in [5.41, 5.74) is 6.96. The van der Waals surface area contributed by atoms with Gasteiger partial charge in [0.25, 0.3) is 5.69 Å². The van der Waals surface area contributed by atoms with Gasteiger partial charge < -0.3 is 5.73 Å². The van der Waals surface area contributed by atoms with Gasteiger partial charge in [-0.15, -0.1) is 11.3 Å². The Hall–Kier alpha value is -1.93. The van der Waals surface area contributed by atoms with E-state index in [1.54, 1.807) is 12.1 Å². The molecular formula is C14H15N3O3S2. The Kier molecular flexibility index (Phi) is 5.15. The molecule has 0 radical (unpaired) electrons. The minimum Gasteiger partial charge on any atom is -0.369 e.